The van der Waals surface area contributed by atoms with Crippen LogP contribution in [-0.4, -0.2) is 20.7 Å². The molecule has 2 aliphatic rings. The van der Waals surface area contributed by atoms with E-state index in [1.165, 1.54) is 38.5 Å². The zero-order chi connectivity index (χ0) is 22.1. The van der Waals surface area contributed by atoms with E-state index in [0.29, 0.717) is 34.5 Å². The Morgan fingerprint density at radius 1 is 0.710 bits per heavy atom. The van der Waals surface area contributed by atoms with E-state index in [0.717, 1.165) is 33.1 Å². The molecule has 1 aliphatic carbocycles. The topological polar surface area (TPSA) is 40.5 Å². The minimum atomic E-state index is -1.06. The van der Waals surface area contributed by atoms with Crippen LogP contribution in [0.3, 0.4) is 0 Å². The van der Waals surface area contributed by atoms with Gasteiger partial charge in [-0.1, -0.05) is 0 Å². The standard InChI is InChI=1S/C22H24Cl4O2S2.Hf/c23-15-7-13(21(27)17(25)9-15)11-29-19-5-3-1-2-4-6-20(19)30-12-14-8-16(24)10-18(26)22(14)28;/h7-10,19-20,27-28H,1-6,11-12H2;/t19-,20?;/m0./s1. The summed E-state index contributed by atoms with van der Waals surface area (Å²) < 4.78 is 0. The Bertz CT molecular complexity index is 1000. The van der Waals surface area contributed by atoms with Crippen LogP contribution >= 0.6 is 60.8 Å². The van der Waals surface area contributed by atoms with Crippen molar-refractivity contribution in [3.05, 3.63) is 55.5 Å². The van der Waals surface area contributed by atoms with E-state index in [1.54, 1.807) is 12.1 Å². The van der Waals surface area contributed by atoms with E-state index in [2.05, 4.69) is 0 Å². The summed E-state index contributed by atoms with van der Waals surface area (Å²) in [6.45, 7) is 0. The molecule has 168 valence electrons. The van der Waals surface area contributed by atoms with Crippen molar-refractivity contribution >= 4 is 60.8 Å². The molecule has 4 rings (SSSR count). The molecule has 2 aromatic rings. The summed E-state index contributed by atoms with van der Waals surface area (Å²) in [7, 11) is 0.641. The Morgan fingerprint density at radius 3 is 1.55 bits per heavy atom. The summed E-state index contributed by atoms with van der Waals surface area (Å²) in [6, 6.07) is 6.99. The van der Waals surface area contributed by atoms with Gasteiger partial charge in [-0.05, 0) is 0 Å². The molecule has 0 saturated heterocycles. The van der Waals surface area contributed by atoms with Crippen LogP contribution in [0.25, 0.3) is 0 Å². The summed E-state index contributed by atoms with van der Waals surface area (Å²) >= 11 is 23.8. The molecule has 2 nitrogen and oxygen atoms in total. The third-order valence-corrected chi connectivity index (χ3v) is 36.1. The van der Waals surface area contributed by atoms with E-state index >= 15 is 0 Å². The molecular formula is C22H24Cl4HfO2S2. The first-order chi connectivity index (χ1) is 14.8. The van der Waals surface area contributed by atoms with Crippen LogP contribution in [0.2, 0.25) is 20.1 Å². The number of halogens is 4. The Morgan fingerprint density at radius 2 is 1.13 bits per heavy atom. The second kappa shape index (κ2) is 11.0. The van der Waals surface area contributed by atoms with Crippen molar-refractivity contribution < 1.29 is 29.1 Å². The molecule has 0 amide bonds. The van der Waals surface area contributed by atoms with Gasteiger partial charge >= 0.3 is 217 Å². The van der Waals surface area contributed by atoms with Crippen LogP contribution in [0.1, 0.15) is 49.7 Å². The number of benzene rings is 2. The summed E-state index contributed by atoms with van der Waals surface area (Å²) in [5.74, 6) is 2.16. The van der Waals surface area contributed by atoms with Crippen molar-refractivity contribution in [2.24, 2.45) is 0 Å². The Hall–Kier alpha value is 0.770. The average molecular weight is 705 g/mol. The van der Waals surface area contributed by atoms with E-state index in [1.807, 2.05) is 12.1 Å². The zero-order valence-electron chi connectivity index (χ0n) is 16.8. The van der Waals surface area contributed by atoms with Gasteiger partial charge in [-0.3, -0.25) is 0 Å². The number of phenolic OH excluding ortho intramolecular Hbond substituents is 2. The third kappa shape index (κ3) is 5.89. The molecule has 1 heterocycles. The first kappa shape index (κ1) is 24.9. The number of rotatable bonds is 4. The predicted molar refractivity (Wildman–Crippen MR) is 134 cm³/mol. The average Bonchev–Trinajstić information content (AvgIpc) is 2.98. The van der Waals surface area contributed by atoms with E-state index in [4.69, 9.17) is 46.4 Å². The summed E-state index contributed by atoms with van der Waals surface area (Å²) in [6.07, 6.45) is 7.79. The Kier molecular flexibility index (Phi) is 8.84. The van der Waals surface area contributed by atoms with Crippen molar-refractivity contribution in [1.82, 2.24) is 0 Å². The molecule has 1 fully saturated rings. The third-order valence-electron chi connectivity index (χ3n) is 5.92. The van der Waals surface area contributed by atoms with Crippen LogP contribution in [0.15, 0.2) is 24.3 Å². The number of aromatic hydroxyl groups is 2. The summed E-state index contributed by atoms with van der Waals surface area (Å²) in [5.41, 5.74) is 1.79. The Labute approximate surface area is 215 Å². The molecule has 31 heavy (non-hydrogen) atoms. The second-order valence-corrected chi connectivity index (χ2v) is 30.6. The van der Waals surface area contributed by atoms with E-state index in [9.17, 15) is 10.2 Å². The number of hydrogen-bond donors (Lipinski definition) is 2. The summed E-state index contributed by atoms with van der Waals surface area (Å²) in [5, 5.41) is 24.4. The number of phenols is 2. The van der Waals surface area contributed by atoms with Gasteiger partial charge in [0.1, 0.15) is 0 Å². The van der Waals surface area contributed by atoms with Crippen molar-refractivity contribution in [2.45, 2.75) is 60.5 Å². The maximum atomic E-state index is 10.6. The molecule has 3 unspecified atom stereocenters. The first-order valence-electron chi connectivity index (χ1n) is 10.3. The molecule has 0 bridgehead atoms. The van der Waals surface area contributed by atoms with Crippen LogP contribution in [0, 0.1) is 0 Å². The van der Waals surface area contributed by atoms with Gasteiger partial charge in [0.05, 0.1) is 0 Å². The van der Waals surface area contributed by atoms with Gasteiger partial charge in [-0.15, -0.1) is 0 Å². The first-order valence-corrected chi connectivity index (χ1v) is 23.6. The van der Waals surface area contributed by atoms with Crippen LogP contribution in [0.5, 0.6) is 11.5 Å². The van der Waals surface area contributed by atoms with Gasteiger partial charge in [0.15, 0.2) is 0 Å². The predicted octanol–water partition coefficient (Wildman–Crippen LogP) is 8.97. The monoisotopic (exact) mass is 704 g/mol. The normalized spacial score (nSPS) is 25.8. The molecule has 1 aliphatic heterocycles. The van der Waals surface area contributed by atoms with Crippen LogP contribution in [0.4, 0.5) is 0 Å². The van der Waals surface area contributed by atoms with Crippen molar-refractivity contribution in [3.63, 3.8) is 0 Å². The summed E-state index contributed by atoms with van der Waals surface area (Å²) in [4.78, 5) is 0. The molecule has 2 aromatic carbocycles. The van der Waals surface area contributed by atoms with Gasteiger partial charge in [-0.25, -0.2) is 0 Å². The molecule has 9 heteroatoms. The molecule has 0 radical (unpaired) electrons. The van der Waals surface area contributed by atoms with Gasteiger partial charge in [0, 0.05) is 0 Å². The molecule has 1 saturated carbocycles. The van der Waals surface area contributed by atoms with Gasteiger partial charge < -0.3 is 0 Å². The van der Waals surface area contributed by atoms with E-state index < -0.39 is 18.9 Å². The fourth-order valence-corrected chi connectivity index (χ4v) is 44.5. The fraction of sp³-hybridized carbons (Fsp3) is 0.455. The van der Waals surface area contributed by atoms with E-state index in [-0.39, 0.29) is 11.5 Å². The van der Waals surface area contributed by atoms with Crippen molar-refractivity contribution in [2.75, 3.05) is 0 Å². The molecule has 0 aromatic heterocycles. The SMILES string of the molecule is Oc1c(Cl)cc(Cl)cc1C[S]1=[Hf]=[S](Cc2cc(Cl)cc(Cl)c2O)[C@H]2CCCCCCC21. The number of hydrogen-bond acceptors (Lipinski definition) is 2. The maximum absolute atomic E-state index is 10.6. The molecular weight excluding hydrogens is 681 g/mol. The van der Waals surface area contributed by atoms with Gasteiger partial charge in [-0.2, -0.15) is 0 Å². The van der Waals surface area contributed by atoms with Crippen molar-refractivity contribution in [1.29, 1.82) is 0 Å². The zero-order valence-corrected chi connectivity index (χ0v) is 25.1. The number of fused-ring (bicyclic) bond motifs is 1. The quantitative estimate of drug-likeness (QED) is 0.312. The molecule has 0 spiro atoms. The van der Waals surface area contributed by atoms with Gasteiger partial charge in [0.2, 0.25) is 0 Å². The molecule has 2 N–H and O–H groups in total. The second-order valence-electron chi connectivity index (χ2n) is 8.09. The minimum absolute atomic E-state index is 0.190. The van der Waals surface area contributed by atoms with Gasteiger partial charge in [0.25, 0.3) is 0 Å². The van der Waals surface area contributed by atoms with Crippen LogP contribution in [-0.2, 0) is 30.4 Å². The Balaban J connectivity index is 1.72. The fourth-order valence-electron chi connectivity index (χ4n) is 4.40. The van der Waals surface area contributed by atoms with Crippen molar-refractivity contribution in [3.8, 4) is 11.5 Å². The van der Waals surface area contributed by atoms with Crippen LogP contribution < -0.4 is 0 Å². The molecule has 4 atom stereocenters.